The molecule has 17 heavy (non-hydrogen) atoms. The molecule has 2 aromatic rings. The van der Waals surface area contributed by atoms with E-state index in [1.165, 1.54) is 13.2 Å². The van der Waals surface area contributed by atoms with Gasteiger partial charge < -0.3 is 4.74 Å². The van der Waals surface area contributed by atoms with Gasteiger partial charge in [-0.3, -0.25) is 5.10 Å². The molecule has 0 aliphatic rings. The van der Waals surface area contributed by atoms with Gasteiger partial charge >= 0.3 is 6.18 Å². The van der Waals surface area contributed by atoms with Crippen molar-refractivity contribution in [2.75, 3.05) is 7.11 Å². The molecule has 0 atom stereocenters. The second kappa shape index (κ2) is 4.12. The van der Waals surface area contributed by atoms with Crippen LogP contribution in [0.25, 0.3) is 11.1 Å². The Kier molecular flexibility index (Phi) is 2.79. The fraction of sp³-hybridized carbons (Fsp3) is 0.182. The van der Waals surface area contributed by atoms with Crippen LogP contribution in [0.5, 0.6) is 5.75 Å². The number of nitrogens with zero attached hydrogens (tertiary/aromatic N) is 1. The van der Waals surface area contributed by atoms with Gasteiger partial charge in [-0.15, -0.1) is 0 Å². The van der Waals surface area contributed by atoms with Crippen LogP contribution in [-0.4, -0.2) is 17.3 Å². The average molecular weight is 241 g/mol. The number of nitrogens with one attached hydrogen (secondary N) is 1. The normalized spacial score (nSPS) is 11.5. The van der Waals surface area contributed by atoms with Crippen LogP contribution < -0.4 is 4.74 Å². The molecule has 89 valence electrons. The van der Waals surface area contributed by atoms with Crippen molar-refractivity contribution in [3.8, 4) is 16.9 Å². The molecule has 6 heteroatoms. The second-order valence-corrected chi connectivity index (χ2v) is 3.28. The van der Waals surface area contributed by atoms with Crippen LogP contribution in [0.4, 0.5) is 13.2 Å². The van der Waals surface area contributed by atoms with Gasteiger partial charge in [-0.2, -0.15) is 18.3 Å². The van der Waals surface area contributed by atoms with E-state index in [2.05, 4.69) is 11.3 Å². The van der Waals surface area contributed by atoms with Crippen molar-refractivity contribution in [3.63, 3.8) is 0 Å². The molecule has 0 aliphatic carbocycles. The largest absolute Gasteiger partial charge is 0.496 e. The number of alkyl halides is 3. The van der Waals surface area contributed by atoms with Crippen molar-refractivity contribution >= 4 is 0 Å². The first-order valence-corrected chi connectivity index (χ1v) is 4.70. The van der Waals surface area contributed by atoms with Gasteiger partial charge in [0, 0.05) is 11.1 Å². The molecule has 1 aromatic carbocycles. The van der Waals surface area contributed by atoms with Crippen LogP contribution in [0.15, 0.2) is 24.3 Å². The van der Waals surface area contributed by atoms with E-state index < -0.39 is 11.9 Å². The highest BCUT2D eigenvalue weighted by atomic mass is 19.4. The first-order valence-electron chi connectivity index (χ1n) is 4.70. The average Bonchev–Trinajstić information content (AvgIpc) is 2.77. The van der Waals surface area contributed by atoms with Crippen molar-refractivity contribution in [3.05, 3.63) is 36.2 Å². The first-order chi connectivity index (χ1) is 8.04. The lowest BCUT2D eigenvalue weighted by Gasteiger charge is -2.09. The zero-order valence-electron chi connectivity index (χ0n) is 8.80. The van der Waals surface area contributed by atoms with E-state index in [1.807, 2.05) is 5.10 Å². The SMILES string of the molecule is COc1ccccc1-c1[c]n[nH]c1C(F)(F)F. The summed E-state index contributed by atoms with van der Waals surface area (Å²) in [7, 11) is 1.40. The molecule has 0 saturated heterocycles. The molecule has 1 aromatic heterocycles. The highest BCUT2D eigenvalue weighted by molar-refractivity contribution is 5.71. The van der Waals surface area contributed by atoms with Crippen LogP contribution in [-0.2, 0) is 6.18 Å². The van der Waals surface area contributed by atoms with E-state index in [-0.39, 0.29) is 5.56 Å². The van der Waals surface area contributed by atoms with Gasteiger partial charge in [-0.05, 0) is 6.07 Å². The Balaban J connectivity index is 2.58. The summed E-state index contributed by atoms with van der Waals surface area (Å²) in [5.41, 5.74) is -0.770. The van der Waals surface area contributed by atoms with E-state index >= 15 is 0 Å². The van der Waals surface area contributed by atoms with E-state index in [4.69, 9.17) is 4.74 Å². The Morgan fingerprint density at radius 2 is 2.00 bits per heavy atom. The minimum Gasteiger partial charge on any atom is -0.496 e. The Morgan fingerprint density at radius 3 is 2.65 bits per heavy atom. The maximum atomic E-state index is 12.7. The Labute approximate surface area is 95.2 Å². The van der Waals surface area contributed by atoms with Crippen LogP contribution in [0.3, 0.4) is 0 Å². The number of para-hydroxylation sites is 1. The standard InChI is InChI=1S/C11H8F3N2O/c1-17-9-5-3-2-4-7(9)8-6-15-16-10(8)11(12,13)14/h2-5H,1H3,(H,15,16). The minimum atomic E-state index is -4.50. The molecular formula is C11H8F3N2O. The van der Waals surface area contributed by atoms with E-state index in [9.17, 15) is 13.2 Å². The Bertz CT molecular complexity index is 519. The number of rotatable bonds is 2. The summed E-state index contributed by atoms with van der Waals surface area (Å²) in [6, 6.07) is 6.40. The second-order valence-electron chi connectivity index (χ2n) is 3.28. The molecule has 0 spiro atoms. The molecule has 1 heterocycles. The molecule has 1 radical (unpaired) electrons. The minimum absolute atomic E-state index is 0.144. The van der Waals surface area contributed by atoms with Crippen LogP contribution in [0.2, 0.25) is 0 Å². The molecule has 0 aliphatic heterocycles. The number of benzene rings is 1. The number of H-pyrrole nitrogens is 1. The summed E-state index contributed by atoms with van der Waals surface area (Å²) in [6.45, 7) is 0. The van der Waals surface area contributed by atoms with Gasteiger partial charge in [-0.1, -0.05) is 18.2 Å². The van der Waals surface area contributed by atoms with Gasteiger partial charge in [-0.25, -0.2) is 0 Å². The summed E-state index contributed by atoms with van der Waals surface area (Å²) >= 11 is 0. The molecule has 0 unspecified atom stereocenters. The van der Waals surface area contributed by atoms with Gasteiger partial charge in [0.1, 0.15) is 17.6 Å². The summed E-state index contributed by atoms with van der Waals surface area (Å²) < 4.78 is 43.0. The van der Waals surface area contributed by atoms with Crippen molar-refractivity contribution in [2.45, 2.75) is 6.18 Å². The third kappa shape index (κ3) is 2.11. The van der Waals surface area contributed by atoms with Gasteiger partial charge in [0.2, 0.25) is 0 Å². The summed E-state index contributed by atoms with van der Waals surface area (Å²) in [5.74, 6) is 0.343. The fourth-order valence-corrected chi connectivity index (χ4v) is 1.50. The van der Waals surface area contributed by atoms with Crippen molar-refractivity contribution in [2.24, 2.45) is 0 Å². The predicted molar refractivity (Wildman–Crippen MR) is 54.4 cm³/mol. The van der Waals surface area contributed by atoms with Gasteiger partial charge in [0.05, 0.1) is 7.11 Å². The fourth-order valence-electron chi connectivity index (χ4n) is 1.50. The molecule has 0 bridgehead atoms. The lowest BCUT2D eigenvalue weighted by Crippen LogP contribution is -2.07. The third-order valence-corrected chi connectivity index (χ3v) is 2.25. The molecule has 0 amide bonds. The van der Waals surface area contributed by atoms with E-state index in [0.717, 1.165) is 0 Å². The number of aromatic nitrogens is 2. The van der Waals surface area contributed by atoms with Crippen molar-refractivity contribution < 1.29 is 17.9 Å². The van der Waals surface area contributed by atoms with Crippen LogP contribution in [0, 0.1) is 6.20 Å². The number of aromatic amines is 1. The first kappa shape index (κ1) is 11.5. The molecule has 0 saturated carbocycles. The zero-order chi connectivity index (χ0) is 12.5. The highest BCUT2D eigenvalue weighted by Crippen LogP contribution is 2.38. The maximum Gasteiger partial charge on any atom is 0.433 e. The number of halogens is 3. The maximum absolute atomic E-state index is 12.7. The monoisotopic (exact) mass is 241 g/mol. The van der Waals surface area contributed by atoms with Crippen molar-refractivity contribution in [1.29, 1.82) is 0 Å². The number of ether oxygens (including phenoxy) is 1. The molecule has 1 N–H and O–H groups in total. The lowest BCUT2D eigenvalue weighted by atomic mass is 10.1. The zero-order valence-corrected chi connectivity index (χ0v) is 8.80. The molecular weight excluding hydrogens is 233 g/mol. The highest BCUT2D eigenvalue weighted by Gasteiger charge is 2.36. The lowest BCUT2D eigenvalue weighted by molar-refractivity contribution is -0.140. The third-order valence-electron chi connectivity index (χ3n) is 2.25. The predicted octanol–water partition coefficient (Wildman–Crippen LogP) is 2.90. The molecule has 0 fully saturated rings. The van der Waals surface area contributed by atoms with E-state index in [1.54, 1.807) is 18.2 Å². The molecule has 3 nitrogen and oxygen atoms in total. The summed E-state index contributed by atoms with van der Waals surface area (Å²) in [5, 5.41) is 5.22. The Morgan fingerprint density at radius 1 is 1.29 bits per heavy atom. The number of hydrogen-bond acceptors (Lipinski definition) is 2. The van der Waals surface area contributed by atoms with Crippen LogP contribution >= 0.6 is 0 Å². The number of hydrogen-bond donors (Lipinski definition) is 1. The van der Waals surface area contributed by atoms with Gasteiger partial charge in [0.15, 0.2) is 0 Å². The number of methoxy groups -OCH3 is 1. The summed E-state index contributed by atoms with van der Waals surface area (Å²) in [4.78, 5) is 0. The van der Waals surface area contributed by atoms with Crippen LogP contribution in [0.1, 0.15) is 5.69 Å². The molecule has 2 rings (SSSR count). The van der Waals surface area contributed by atoms with E-state index in [0.29, 0.717) is 11.3 Å². The Hall–Kier alpha value is -1.98. The summed E-state index contributed by atoms with van der Waals surface area (Å²) in [6.07, 6.45) is -2.20. The topological polar surface area (TPSA) is 37.9 Å². The smallest absolute Gasteiger partial charge is 0.433 e. The van der Waals surface area contributed by atoms with Crippen molar-refractivity contribution in [1.82, 2.24) is 10.2 Å². The quantitative estimate of drug-likeness (QED) is 0.877. The van der Waals surface area contributed by atoms with Gasteiger partial charge in [0.25, 0.3) is 0 Å².